The number of nitrogens with one attached hydrogen (secondary N) is 1. The highest BCUT2D eigenvalue weighted by Gasteiger charge is 2.20. The van der Waals surface area contributed by atoms with Gasteiger partial charge in [-0.1, -0.05) is 371 Å². The Morgan fingerprint density at radius 3 is 0.929 bits per heavy atom. The first-order valence-corrected chi connectivity index (χ1v) is 38.7. The van der Waals surface area contributed by atoms with E-state index in [1.54, 1.807) is 0 Å². The number of ether oxygens (including phenoxy) is 1. The van der Waals surface area contributed by atoms with Crippen molar-refractivity contribution in [3.8, 4) is 0 Å². The van der Waals surface area contributed by atoms with Crippen LogP contribution in [0, 0.1) is 0 Å². The van der Waals surface area contributed by atoms with Crippen molar-refractivity contribution in [1.29, 1.82) is 0 Å². The number of allylic oxidation sites excluding steroid dienone is 6. The van der Waals surface area contributed by atoms with E-state index in [2.05, 4.69) is 55.6 Å². The smallest absolute Gasteiger partial charge is 0.305 e. The van der Waals surface area contributed by atoms with Crippen LogP contribution in [0.15, 0.2) is 36.5 Å². The highest BCUT2D eigenvalue weighted by Crippen LogP contribution is 2.19. The van der Waals surface area contributed by atoms with Crippen LogP contribution in [0.3, 0.4) is 0 Å². The maximum atomic E-state index is 12.6. The lowest BCUT2D eigenvalue weighted by Crippen LogP contribution is -2.45. The molecule has 0 bridgehead atoms. The number of carbonyl (C=O) groups excluding carboxylic acids is 2. The molecule has 6 nitrogen and oxygen atoms in total. The first-order chi connectivity index (χ1) is 42.0. The zero-order valence-electron chi connectivity index (χ0n) is 57.6. The van der Waals surface area contributed by atoms with Crippen LogP contribution < -0.4 is 5.32 Å². The number of esters is 1. The number of hydrogen-bond donors (Lipinski definition) is 3. The largest absolute Gasteiger partial charge is 0.466 e. The number of unbranched alkanes of at least 4 members (excludes halogenated alkanes) is 56. The molecule has 2 unspecified atom stereocenters. The molecule has 0 aliphatic carbocycles. The summed E-state index contributed by atoms with van der Waals surface area (Å²) in [5, 5.41) is 23.5. The van der Waals surface area contributed by atoms with E-state index < -0.39 is 12.1 Å². The Bertz CT molecular complexity index is 1380. The number of hydrogen-bond acceptors (Lipinski definition) is 5. The molecule has 3 N–H and O–H groups in total. The molecule has 502 valence electrons. The number of rotatable bonds is 73. The topological polar surface area (TPSA) is 95.9 Å². The number of amides is 1. The van der Waals surface area contributed by atoms with Crippen molar-refractivity contribution in [2.45, 2.75) is 443 Å². The van der Waals surface area contributed by atoms with Crippen LogP contribution in [0.5, 0.6) is 0 Å². The lowest BCUT2D eigenvalue weighted by atomic mass is 10.0. The van der Waals surface area contributed by atoms with Crippen LogP contribution in [0.2, 0.25) is 0 Å². The van der Waals surface area contributed by atoms with Crippen molar-refractivity contribution in [3.63, 3.8) is 0 Å². The van der Waals surface area contributed by atoms with E-state index in [1.807, 2.05) is 0 Å². The molecule has 2 atom stereocenters. The Labute approximate surface area is 532 Å². The van der Waals surface area contributed by atoms with Crippen molar-refractivity contribution < 1.29 is 24.5 Å². The Balaban J connectivity index is 3.39. The van der Waals surface area contributed by atoms with E-state index in [-0.39, 0.29) is 18.5 Å². The number of carbonyl (C=O) groups is 2. The van der Waals surface area contributed by atoms with E-state index >= 15 is 0 Å². The van der Waals surface area contributed by atoms with Gasteiger partial charge >= 0.3 is 5.97 Å². The van der Waals surface area contributed by atoms with Gasteiger partial charge in [0.25, 0.3) is 0 Å². The maximum Gasteiger partial charge on any atom is 0.305 e. The molecule has 0 spiro atoms. The molecular weight excluding hydrogens is 1040 g/mol. The summed E-state index contributed by atoms with van der Waals surface area (Å²) in [5.41, 5.74) is 0. The maximum absolute atomic E-state index is 12.6. The Morgan fingerprint density at radius 1 is 0.329 bits per heavy atom. The molecule has 1 amide bonds. The molecular formula is C79H151NO5. The van der Waals surface area contributed by atoms with E-state index in [0.29, 0.717) is 25.9 Å². The van der Waals surface area contributed by atoms with Gasteiger partial charge in [-0.2, -0.15) is 0 Å². The van der Waals surface area contributed by atoms with Gasteiger partial charge in [0.1, 0.15) is 0 Å². The highest BCUT2D eigenvalue weighted by atomic mass is 16.5. The minimum absolute atomic E-state index is 0.00745. The van der Waals surface area contributed by atoms with Gasteiger partial charge in [0.15, 0.2) is 0 Å². The molecule has 0 aliphatic heterocycles. The molecule has 85 heavy (non-hydrogen) atoms. The van der Waals surface area contributed by atoms with Gasteiger partial charge in [-0.3, -0.25) is 9.59 Å². The Kier molecular flexibility index (Phi) is 72.9. The van der Waals surface area contributed by atoms with E-state index in [1.165, 1.54) is 347 Å². The van der Waals surface area contributed by atoms with E-state index in [0.717, 1.165) is 51.4 Å². The van der Waals surface area contributed by atoms with Crippen LogP contribution in [-0.4, -0.2) is 47.4 Å². The lowest BCUT2D eigenvalue weighted by molar-refractivity contribution is -0.143. The van der Waals surface area contributed by atoms with Gasteiger partial charge in [0.2, 0.25) is 5.91 Å². The van der Waals surface area contributed by atoms with Gasteiger partial charge in [-0.25, -0.2) is 0 Å². The second-order valence-electron chi connectivity index (χ2n) is 26.7. The van der Waals surface area contributed by atoms with Gasteiger partial charge < -0.3 is 20.3 Å². The lowest BCUT2D eigenvalue weighted by Gasteiger charge is -2.22. The third-order valence-electron chi connectivity index (χ3n) is 18.2. The van der Waals surface area contributed by atoms with Crippen LogP contribution in [-0.2, 0) is 14.3 Å². The van der Waals surface area contributed by atoms with Gasteiger partial charge in [0.05, 0.1) is 25.4 Å². The van der Waals surface area contributed by atoms with Crippen molar-refractivity contribution >= 4 is 11.9 Å². The number of aliphatic hydroxyl groups is 2. The summed E-state index contributed by atoms with van der Waals surface area (Å²) in [4.78, 5) is 24.7. The summed E-state index contributed by atoms with van der Waals surface area (Å²) >= 11 is 0. The van der Waals surface area contributed by atoms with Crippen molar-refractivity contribution in [3.05, 3.63) is 36.5 Å². The predicted molar refractivity (Wildman–Crippen MR) is 375 cm³/mol. The van der Waals surface area contributed by atoms with Crippen LogP contribution in [0.4, 0.5) is 0 Å². The van der Waals surface area contributed by atoms with Crippen LogP contribution in [0.1, 0.15) is 431 Å². The summed E-state index contributed by atoms with van der Waals surface area (Å²) in [6.45, 7) is 4.97. The molecule has 0 fully saturated rings. The molecule has 0 heterocycles. The number of aliphatic hydroxyl groups excluding tert-OH is 2. The average Bonchev–Trinajstić information content (AvgIpc) is 3.51. The minimum atomic E-state index is -0.668. The predicted octanol–water partition coefficient (Wildman–Crippen LogP) is 25.4. The molecule has 0 saturated heterocycles. The second-order valence-corrected chi connectivity index (χ2v) is 26.7. The van der Waals surface area contributed by atoms with Crippen LogP contribution in [0.25, 0.3) is 0 Å². The SMILES string of the molecule is CCCCC/C=C\C/C=C\CCCCCCCCCC(=O)OCCCCCCCCCCCCCC/C=C\CCCCCCCCCCCCC(=O)NC(CO)C(O)CCCCCCCCCCCCCCCCCCCCCCCCCCC. The Morgan fingerprint density at radius 2 is 0.588 bits per heavy atom. The summed E-state index contributed by atoms with van der Waals surface area (Å²) in [7, 11) is 0. The molecule has 0 aliphatic rings. The molecule has 6 heteroatoms. The Hall–Kier alpha value is -1.92. The molecule has 0 radical (unpaired) electrons. The summed E-state index contributed by atoms with van der Waals surface area (Å²) < 4.78 is 5.50. The summed E-state index contributed by atoms with van der Waals surface area (Å²) in [5.74, 6) is -0.0243. The van der Waals surface area contributed by atoms with Crippen molar-refractivity contribution in [2.24, 2.45) is 0 Å². The molecule has 0 aromatic heterocycles. The molecule has 0 aromatic carbocycles. The average molecular weight is 1200 g/mol. The minimum Gasteiger partial charge on any atom is -0.466 e. The zero-order chi connectivity index (χ0) is 61.3. The van der Waals surface area contributed by atoms with Crippen molar-refractivity contribution in [1.82, 2.24) is 5.32 Å². The molecule has 0 saturated carbocycles. The highest BCUT2D eigenvalue weighted by molar-refractivity contribution is 5.76. The summed E-state index contributed by atoms with van der Waals surface area (Å²) in [6.07, 6.45) is 96.4. The zero-order valence-corrected chi connectivity index (χ0v) is 57.6. The fourth-order valence-corrected chi connectivity index (χ4v) is 12.3. The van der Waals surface area contributed by atoms with E-state index in [9.17, 15) is 19.8 Å². The molecule has 0 rings (SSSR count). The third-order valence-corrected chi connectivity index (χ3v) is 18.2. The first-order valence-electron chi connectivity index (χ1n) is 38.7. The first kappa shape index (κ1) is 83.1. The standard InChI is InChI=1S/C79H151NO5/c1-3-5-7-9-11-13-15-17-19-21-22-23-24-27-30-33-36-40-43-47-51-55-59-63-67-71-77(82)76(75-81)80-78(83)72-68-64-60-56-52-48-44-41-37-34-31-28-25-26-29-32-35-38-42-46-50-54-58-62-66-70-74-85-79(84)73-69-65-61-57-53-49-45-39-20-18-16-14-12-10-8-6-4-2/h12,14,18,20,25,28,76-77,81-82H,3-11,13,15-17,19,21-24,26-27,29-75H2,1-2H3,(H,80,83)/b14-12-,20-18-,28-25-. The fraction of sp³-hybridized carbons (Fsp3) is 0.899. The third kappa shape index (κ3) is 71.0. The molecule has 0 aromatic rings. The van der Waals surface area contributed by atoms with Crippen molar-refractivity contribution in [2.75, 3.05) is 13.2 Å². The van der Waals surface area contributed by atoms with Crippen LogP contribution >= 0.6 is 0 Å². The quantitative estimate of drug-likeness (QED) is 0.0320. The second kappa shape index (κ2) is 74.5. The fourth-order valence-electron chi connectivity index (χ4n) is 12.3. The normalized spacial score (nSPS) is 12.7. The monoisotopic (exact) mass is 1190 g/mol. The van der Waals surface area contributed by atoms with Gasteiger partial charge in [0, 0.05) is 12.8 Å². The van der Waals surface area contributed by atoms with Gasteiger partial charge in [-0.05, 0) is 83.5 Å². The van der Waals surface area contributed by atoms with Gasteiger partial charge in [-0.15, -0.1) is 0 Å². The summed E-state index contributed by atoms with van der Waals surface area (Å²) in [6, 6.07) is -0.545. The van der Waals surface area contributed by atoms with E-state index in [4.69, 9.17) is 4.74 Å².